The first-order valence-electron chi connectivity index (χ1n) is 8.70. The van der Waals surface area contributed by atoms with Gasteiger partial charge in [0.2, 0.25) is 0 Å². The molecule has 0 N–H and O–H groups in total. The third-order valence-corrected chi connectivity index (χ3v) is 4.30. The highest BCUT2D eigenvalue weighted by Crippen LogP contribution is 2.36. The second-order valence-electron chi connectivity index (χ2n) is 5.93. The molecule has 0 aromatic heterocycles. The lowest BCUT2D eigenvalue weighted by molar-refractivity contribution is -0.159. The fourth-order valence-corrected chi connectivity index (χ4v) is 2.97. The van der Waals surface area contributed by atoms with Gasteiger partial charge in [0.15, 0.2) is 5.92 Å². The molecule has 1 aromatic rings. The maximum absolute atomic E-state index is 12.3. The Morgan fingerprint density at radius 2 is 1.64 bits per heavy atom. The first-order chi connectivity index (χ1) is 12.1. The molecule has 25 heavy (non-hydrogen) atoms. The molecular weight excluding hydrogens is 316 g/mol. The van der Waals surface area contributed by atoms with E-state index in [0.29, 0.717) is 0 Å². The molecule has 1 aromatic carbocycles. The van der Waals surface area contributed by atoms with Gasteiger partial charge in [0.05, 0.1) is 14.2 Å². The van der Waals surface area contributed by atoms with Gasteiger partial charge in [-0.2, -0.15) is 0 Å². The quantitative estimate of drug-likeness (QED) is 0.273. The third kappa shape index (κ3) is 5.91. The normalized spacial score (nSPS) is 11.5. The van der Waals surface area contributed by atoms with Gasteiger partial charge in [-0.05, 0) is 24.0 Å². The second kappa shape index (κ2) is 11.3. The van der Waals surface area contributed by atoms with Gasteiger partial charge in [0.25, 0.3) is 0 Å². The summed E-state index contributed by atoms with van der Waals surface area (Å²) in [6.07, 6.45) is 5.07. The van der Waals surface area contributed by atoms with Crippen molar-refractivity contribution >= 4 is 11.9 Å². The molecule has 4 nitrogen and oxygen atoms in total. The molecule has 136 valence electrons. The highest BCUT2D eigenvalue weighted by Gasteiger charge is 2.39. The van der Waals surface area contributed by atoms with Crippen molar-refractivity contribution in [1.29, 1.82) is 0 Å². The van der Waals surface area contributed by atoms with Crippen LogP contribution in [-0.4, -0.2) is 26.2 Å². The maximum atomic E-state index is 12.3. The Balaban J connectivity index is 3.24. The van der Waals surface area contributed by atoms with Crippen LogP contribution in [0.25, 0.3) is 0 Å². The lowest BCUT2D eigenvalue weighted by Crippen LogP contribution is -2.33. The van der Waals surface area contributed by atoms with Crippen molar-refractivity contribution in [2.45, 2.75) is 44.9 Å². The van der Waals surface area contributed by atoms with E-state index in [2.05, 4.69) is 19.2 Å². The van der Waals surface area contributed by atoms with Crippen LogP contribution in [0.1, 0.15) is 50.5 Å². The highest BCUT2D eigenvalue weighted by molar-refractivity contribution is 5.96. The Morgan fingerprint density at radius 1 is 1.04 bits per heavy atom. The highest BCUT2D eigenvalue weighted by atomic mass is 16.5. The molecule has 4 heteroatoms. The summed E-state index contributed by atoms with van der Waals surface area (Å²) >= 11 is 0. The first-order valence-corrected chi connectivity index (χ1v) is 8.70. The zero-order valence-electron chi connectivity index (χ0n) is 15.4. The maximum Gasteiger partial charge on any atom is 0.321 e. The van der Waals surface area contributed by atoms with Gasteiger partial charge in [0, 0.05) is 5.92 Å². The van der Waals surface area contributed by atoms with Crippen molar-refractivity contribution < 1.29 is 19.1 Å². The number of hydrogen-bond donors (Lipinski definition) is 0. The largest absolute Gasteiger partial charge is 0.468 e. The Bertz CT molecular complexity index is 584. The van der Waals surface area contributed by atoms with E-state index in [1.807, 2.05) is 30.3 Å². The summed E-state index contributed by atoms with van der Waals surface area (Å²) in [4.78, 5) is 24.7. The zero-order chi connectivity index (χ0) is 18.7. The first kappa shape index (κ1) is 20.7. The molecule has 0 bridgehead atoms. The van der Waals surface area contributed by atoms with Gasteiger partial charge >= 0.3 is 11.9 Å². The van der Waals surface area contributed by atoms with Crippen LogP contribution in [0.3, 0.4) is 0 Å². The number of unbranched alkanes of at least 4 members (excludes halogenated alkanes) is 3. The molecule has 0 fully saturated rings. The Kier molecular flexibility index (Phi) is 9.34. The summed E-state index contributed by atoms with van der Waals surface area (Å²) in [5.74, 6) is -2.77. The fourth-order valence-electron chi connectivity index (χ4n) is 2.97. The summed E-state index contributed by atoms with van der Waals surface area (Å²) in [5, 5.41) is 0. The van der Waals surface area contributed by atoms with Crippen LogP contribution in [0.15, 0.2) is 48.2 Å². The number of esters is 2. The van der Waals surface area contributed by atoms with Gasteiger partial charge in [-0.15, -0.1) is 5.73 Å². The summed E-state index contributed by atoms with van der Waals surface area (Å²) in [6.45, 7) is 5.95. The van der Waals surface area contributed by atoms with Crippen LogP contribution in [0.5, 0.6) is 0 Å². The van der Waals surface area contributed by atoms with Gasteiger partial charge in [-0.1, -0.05) is 63.1 Å². The van der Waals surface area contributed by atoms with Crippen molar-refractivity contribution in [3.63, 3.8) is 0 Å². The minimum Gasteiger partial charge on any atom is -0.468 e. The summed E-state index contributed by atoms with van der Waals surface area (Å²) in [5.41, 5.74) is 4.66. The number of carbonyl (C=O) groups is 2. The molecule has 0 aliphatic heterocycles. The van der Waals surface area contributed by atoms with Gasteiger partial charge in [-0.3, -0.25) is 9.59 Å². The van der Waals surface area contributed by atoms with Crippen LogP contribution < -0.4 is 0 Å². The molecule has 1 rings (SSSR count). The molecule has 0 aliphatic rings. The predicted molar refractivity (Wildman–Crippen MR) is 98.1 cm³/mol. The van der Waals surface area contributed by atoms with E-state index in [9.17, 15) is 9.59 Å². The Hall–Kier alpha value is -2.32. The molecule has 1 unspecified atom stereocenters. The molecule has 0 heterocycles. The Labute approximate surface area is 150 Å². The van der Waals surface area contributed by atoms with Gasteiger partial charge in [0.1, 0.15) is 0 Å². The monoisotopic (exact) mass is 344 g/mol. The lowest BCUT2D eigenvalue weighted by Gasteiger charge is -2.25. The number of carbonyl (C=O) groups excluding carboxylic acids is 2. The van der Waals surface area contributed by atoms with Crippen molar-refractivity contribution in [2.24, 2.45) is 5.92 Å². The zero-order valence-corrected chi connectivity index (χ0v) is 15.4. The number of hydrogen-bond acceptors (Lipinski definition) is 4. The minimum atomic E-state index is -1.06. The van der Waals surface area contributed by atoms with Gasteiger partial charge < -0.3 is 9.47 Å². The van der Waals surface area contributed by atoms with Crippen molar-refractivity contribution in [1.82, 2.24) is 0 Å². The summed E-state index contributed by atoms with van der Waals surface area (Å²) in [7, 11) is 2.55. The van der Waals surface area contributed by atoms with E-state index in [1.54, 1.807) is 0 Å². The molecule has 0 saturated heterocycles. The number of methoxy groups -OCH3 is 2. The number of rotatable bonds is 10. The van der Waals surface area contributed by atoms with Crippen molar-refractivity contribution in [3.8, 4) is 0 Å². The summed E-state index contributed by atoms with van der Waals surface area (Å²) < 4.78 is 9.75. The summed E-state index contributed by atoms with van der Waals surface area (Å²) in [6, 6.07) is 9.45. The number of allylic oxidation sites excluding steroid dienone is 1. The smallest absolute Gasteiger partial charge is 0.321 e. The lowest BCUT2D eigenvalue weighted by atomic mass is 9.78. The topological polar surface area (TPSA) is 52.6 Å². The van der Waals surface area contributed by atoms with E-state index < -0.39 is 23.8 Å². The predicted octanol–water partition coefficient (Wildman–Crippen LogP) is 4.41. The third-order valence-electron chi connectivity index (χ3n) is 4.30. The standard InChI is InChI=1S/C21H28O4/c1-5-7-8-10-13-16(6-2)18(17-14-11-9-12-15-17)19(20(22)24-3)21(23)25-4/h9,11-12,14-15,18-19H,2,5,7-8,10,13H2,1,3-4H3. The molecule has 0 aliphatic carbocycles. The number of ether oxygens (including phenoxy) is 2. The molecular formula is C21H28O4. The fraction of sp³-hybridized carbons (Fsp3) is 0.476. The van der Waals surface area contributed by atoms with Gasteiger partial charge in [-0.25, -0.2) is 0 Å². The van der Waals surface area contributed by atoms with E-state index in [1.165, 1.54) is 14.2 Å². The molecule has 0 amide bonds. The second-order valence-corrected chi connectivity index (χ2v) is 5.93. The van der Waals surface area contributed by atoms with E-state index >= 15 is 0 Å². The van der Waals surface area contributed by atoms with E-state index in [0.717, 1.165) is 43.2 Å². The Morgan fingerprint density at radius 3 is 2.12 bits per heavy atom. The molecule has 0 spiro atoms. The minimum absolute atomic E-state index is 0.486. The SMILES string of the molecule is C=C=C(CCCCCC)C(c1ccccc1)C(C(=O)OC)C(=O)OC. The van der Waals surface area contributed by atoms with Crippen molar-refractivity contribution in [2.75, 3.05) is 14.2 Å². The van der Waals surface area contributed by atoms with E-state index in [-0.39, 0.29) is 0 Å². The van der Waals surface area contributed by atoms with Crippen LogP contribution in [-0.2, 0) is 19.1 Å². The number of benzene rings is 1. The van der Waals surface area contributed by atoms with Crippen LogP contribution >= 0.6 is 0 Å². The molecule has 1 atom stereocenters. The van der Waals surface area contributed by atoms with Crippen LogP contribution in [0, 0.1) is 5.92 Å². The van der Waals surface area contributed by atoms with Crippen LogP contribution in [0.4, 0.5) is 0 Å². The van der Waals surface area contributed by atoms with Crippen LogP contribution in [0.2, 0.25) is 0 Å². The molecule has 0 radical (unpaired) electrons. The average molecular weight is 344 g/mol. The van der Waals surface area contributed by atoms with E-state index in [4.69, 9.17) is 9.47 Å². The molecule has 0 saturated carbocycles. The average Bonchev–Trinajstić information content (AvgIpc) is 2.66. The van der Waals surface area contributed by atoms with Crippen molar-refractivity contribution in [3.05, 3.63) is 53.8 Å².